The molecular formula is C20H26N2O6. The summed E-state index contributed by atoms with van der Waals surface area (Å²) in [4.78, 5) is 46.7. The van der Waals surface area contributed by atoms with Crippen molar-refractivity contribution in [1.82, 2.24) is 0 Å². The Morgan fingerprint density at radius 1 is 1.36 bits per heavy atom. The number of amides is 1. The minimum Gasteiger partial charge on any atom is -0.456 e. The molecule has 1 aliphatic carbocycles. The number of hydrogen-bond acceptors (Lipinski definition) is 6. The zero-order valence-electron chi connectivity index (χ0n) is 16.4. The number of anilines is 1. The van der Waals surface area contributed by atoms with E-state index in [0.29, 0.717) is 5.69 Å². The molecule has 2 rings (SSSR count). The van der Waals surface area contributed by atoms with Crippen LogP contribution >= 0.6 is 0 Å². The number of para-hydroxylation sites is 1. The van der Waals surface area contributed by atoms with Crippen LogP contribution in [0.3, 0.4) is 0 Å². The predicted molar refractivity (Wildman–Crippen MR) is 102 cm³/mol. The standard InChI is InChI=1S/C20H26N2O6/c1-4-14-7-5-6-12(2)20(14)21-18(24)11-28-19(25)9-15-16(10-22(26)27)13(3)8-17(15)23/h5-7,13,15-16H,4,8-11H2,1-3H3,(H,21,24)/t13-,15-,16+/m1/s1. The summed E-state index contributed by atoms with van der Waals surface area (Å²) in [7, 11) is 0. The molecule has 1 aliphatic rings. The van der Waals surface area contributed by atoms with Gasteiger partial charge in [-0.05, 0) is 30.4 Å². The van der Waals surface area contributed by atoms with Crippen LogP contribution in [0.25, 0.3) is 0 Å². The lowest BCUT2D eigenvalue weighted by molar-refractivity contribution is -0.490. The Labute approximate surface area is 163 Å². The Morgan fingerprint density at radius 3 is 2.71 bits per heavy atom. The molecule has 8 nitrogen and oxygen atoms in total. The number of aryl methyl sites for hydroxylation is 2. The van der Waals surface area contributed by atoms with Crippen molar-refractivity contribution in [2.45, 2.75) is 40.0 Å². The van der Waals surface area contributed by atoms with Crippen molar-refractivity contribution in [2.24, 2.45) is 17.8 Å². The molecule has 1 amide bonds. The van der Waals surface area contributed by atoms with E-state index in [-0.39, 0.29) is 31.1 Å². The van der Waals surface area contributed by atoms with Crippen molar-refractivity contribution in [1.29, 1.82) is 0 Å². The summed E-state index contributed by atoms with van der Waals surface area (Å²) in [5, 5.41) is 13.6. The highest BCUT2D eigenvalue weighted by Crippen LogP contribution is 2.36. The van der Waals surface area contributed by atoms with Crippen LogP contribution < -0.4 is 5.32 Å². The summed E-state index contributed by atoms with van der Waals surface area (Å²) in [6.07, 6.45) is 0.737. The third-order valence-corrected chi connectivity index (χ3v) is 5.30. The fraction of sp³-hybridized carbons (Fsp3) is 0.550. The van der Waals surface area contributed by atoms with Gasteiger partial charge < -0.3 is 10.1 Å². The number of nitro groups is 1. The van der Waals surface area contributed by atoms with Crippen LogP contribution in [0.4, 0.5) is 5.69 Å². The average molecular weight is 390 g/mol. The summed E-state index contributed by atoms with van der Waals surface area (Å²) in [5.41, 5.74) is 2.59. The Hall–Kier alpha value is -2.77. The summed E-state index contributed by atoms with van der Waals surface area (Å²) in [6, 6.07) is 5.70. The second-order valence-electron chi connectivity index (χ2n) is 7.31. The highest BCUT2D eigenvalue weighted by molar-refractivity contribution is 5.94. The summed E-state index contributed by atoms with van der Waals surface area (Å²) >= 11 is 0. The summed E-state index contributed by atoms with van der Waals surface area (Å²) < 4.78 is 5.02. The van der Waals surface area contributed by atoms with E-state index in [4.69, 9.17) is 4.74 Å². The van der Waals surface area contributed by atoms with Gasteiger partial charge in [0.1, 0.15) is 5.78 Å². The van der Waals surface area contributed by atoms with E-state index in [0.717, 1.165) is 17.5 Å². The number of nitrogens with one attached hydrogen (secondary N) is 1. The maximum Gasteiger partial charge on any atom is 0.307 e. The number of esters is 1. The Balaban J connectivity index is 1.91. The number of benzene rings is 1. The smallest absolute Gasteiger partial charge is 0.307 e. The van der Waals surface area contributed by atoms with Gasteiger partial charge in [0.15, 0.2) is 6.61 Å². The third-order valence-electron chi connectivity index (χ3n) is 5.30. The van der Waals surface area contributed by atoms with Gasteiger partial charge in [-0.25, -0.2) is 0 Å². The number of carbonyl (C=O) groups is 3. The highest BCUT2D eigenvalue weighted by atomic mass is 16.6. The SMILES string of the molecule is CCc1cccc(C)c1NC(=O)COC(=O)C[C@H]1C(=O)C[C@@H](C)[C@@H]1C[N+](=O)[O-]. The molecule has 1 saturated carbocycles. The van der Waals surface area contributed by atoms with Gasteiger partial charge in [-0.15, -0.1) is 0 Å². The molecule has 1 aromatic rings. The quantitative estimate of drug-likeness (QED) is 0.414. The van der Waals surface area contributed by atoms with Crippen molar-refractivity contribution in [3.63, 3.8) is 0 Å². The van der Waals surface area contributed by atoms with E-state index in [9.17, 15) is 24.5 Å². The van der Waals surface area contributed by atoms with Gasteiger partial charge in [0.05, 0.1) is 6.42 Å². The van der Waals surface area contributed by atoms with Gasteiger partial charge >= 0.3 is 5.97 Å². The third kappa shape index (κ3) is 5.37. The molecule has 152 valence electrons. The van der Waals surface area contributed by atoms with Gasteiger partial charge in [-0.3, -0.25) is 24.5 Å². The monoisotopic (exact) mass is 390 g/mol. The molecule has 0 saturated heterocycles. The first-order valence-electron chi connectivity index (χ1n) is 9.41. The number of carbonyl (C=O) groups excluding carboxylic acids is 3. The fourth-order valence-corrected chi connectivity index (χ4v) is 3.76. The molecule has 1 N–H and O–H groups in total. The number of rotatable bonds is 8. The van der Waals surface area contributed by atoms with E-state index in [2.05, 4.69) is 5.32 Å². The number of hydrogen-bond donors (Lipinski definition) is 1. The van der Waals surface area contributed by atoms with E-state index in [1.54, 1.807) is 6.92 Å². The minimum absolute atomic E-state index is 0.146. The van der Waals surface area contributed by atoms with Gasteiger partial charge in [0.25, 0.3) is 5.91 Å². The molecule has 0 spiro atoms. The first-order valence-corrected chi connectivity index (χ1v) is 9.41. The van der Waals surface area contributed by atoms with Crippen LogP contribution in [-0.2, 0) is 25.5 Å². The van der Waals surface area contributed by atoms with E-state index in [1.807, 2.05) is 32.0 Å². The molecule has 0 radical (unpaired) electrons. The Kier molecular flexibility index (Phi) is 7.25. The van der Waals surface area contributed by atoms with E-state index < -0.39 is 35.2 Å². The first-order chi connectivity index (χ1) is 13.2. The van der Waals surface area contributed by atoms with Crippen molar-refractivity contribution in [3.05, 3.63) is 39.4 Å². The lowest BCUT2D eigenvalue weighted by Gasteiger charge is -2.17. The van der Waals surface area contributed by atoms with Crippen LogP contribution in [-0.4, -0.2) is 35.7 Å². The van der Waals surface area contributed by atoms with Gasteiger partial charge in [-0.2, -0.15) is 0 Å². The normalized spacial score (nSPS) is 21.4. The maximum absolute atomic E-state index is 12.2. The van der Waals surface area contributed by atoms with Crippen molar-refractivity contribution < 1.29 is 24.0 Å². The largest absolute Gasteiger partial charge is 0.456 e. The van der Waals surface area contributed by atoms with Crippen LogP contribution in [0.1, 0.15) is 37.8 Å². The van der Waals surface area contributed by atoms with Crippen molar-refractivity contribution in [2.75, 3.05) is 18.5 Å². The summed E-state index contributed by atoms with van der Waals surface area (Å²) in [6.45, 7) is 4.82. The summed E-state index contributed by atoms with van der Waals surface area (Å²) in [5.74, 6) is -2.68. The van der Waals surface area contributed by atoms with Crippen LogP contribution in [0, 0.1) is 34.8 Å². The Morgan fingerprint density at radius 2 is 2.07 bits per heavy atom. The number of ketones is 1. The predicted octanol–water partition coefficient (Wildman–Crippen LogP) is 2.55. The molecule has 0 unspecified atom stereocenters. The molecule has 0 heterocycles. The number of ether oxygens (including phenoxy) is 1. The van der Waals surface area contributed by atoms with E-state index >= 15 is 0 Å². The zero-order valence-corrected chi connectivity index (χ0v) is 16.4. The maximum atomic E-state index is 12.2. The second-order valence-corrected chi connectivity index (χ2v) is 7.31. The second kappa shape index (κ2) is 9.43. The number of nitrogens with zero attached hydrogens (tertiary/aromatic N) is 1. The van der Waals surface area contributed by atoms with Crippen LogP contribution in [0.15, 0.2) is 18.2 Å². The molecule has 3 atom stereocenters. The van der Waals surface area contributed by atoms with Gasteiger partial charge in [0, 0.05) is 28.9 Å². The fourth-order valence-electron chi connectivity index (χ4n) is 3.76. The lowest BCUT2D eigenvalue weighted by atomic mass is 9.88. The average Bonchev–Trinajstić information content (AvgIpc) is 2.88. The Bertz CT molecular complexity index is 776. The molecule has 0 aliphatic heterocycles. The molecule has 28 heavy (non-hydrogen) atoms. The molecular weight excluding hydrogens is 364 g/mol. The highest BCUT2D eigenvalue weighted by Gasteiger charge is 2.44. The molecule has 0 aromatic heterocycles. The lowest BCUT2D eigenvalue weighted by Crippen LogP contribution is -2.28. The number of Topliss-reactive ketones (excluding diaryl/α,β-unsaturated/α-hetero) is 1. The van der Waals surface area contributed by atoms with Crippen LogP contribution in [0.5, 0.6) is 0 Å². The van der Waals surface area contributed by atoms with E-state index in [1.165, 1.54) is 0 Å². The van der Waals surface area contributed by atoms with Crippen molar-refractivity contribution in [3.8, 4) is 0 Å². The van der Waals surface area contributed by atoms with Gasteiger partial charge in [0.2, 0.25) is 6.54 Å². The first kappa shape index (κ1) is 21.5. The van der Waals surface area contributed by atoms with Crippen LogP contribution in [0.2, 0.25) is 0 Å². The molecule has 8 heteroatoms. The topological polar surface area (TPSA) is 116 Å². The minimum atomic E-state index is -0.723. The molecule has 1 aromatic carbocycles. The van der Waals surface area contributed by atoms with Crippen molar-refractivity contribution >= 4 is 23.3 Å². The molecule has 1 fully saturated rings. The zero-order chi connectivity index (χ0) is 20.8. The molecule has 0 bridgehead atoms. The van der Waals surface area contributed by atoms with Gasteiger partial charge in [-0.1, -0.05) is 32.0 Å².